The molecule has 0 aromatic heterocycles. The number of likely N-dealkylation sites (tertiary alicyclic amines) is 1. The predicted octanol–water partition coefficient (Wildman–Crippen LogP) is 2.48. The highest BCUT2D eigenvalue weighted by Gasteiger charge is 2.55. The molecule has 3 aliphatic heterocycles. The van der Waals surface area contributed by atoms with Gasteiger partial charge in [0.2, 0.25) is 12.7 Å². The molecule has 0 aliphatic carbocycles. The number of rotatable bonds is 9. The fraction of sp³-hybridized carbons (Fsp3) is 0.654. The third-order valence-corrected chi connectivity index (χ3v) is 7.43. The van der Waals surface area contributed by atoms with Crippen LogP contribution in [0.1, 0.15) is 45.1 Å². The number of amides is 4. The first kappa shape index (κ1) is 25.3. The minimum absolute atomic E-state index is 0.0108. The van der Waals surface area contributed by atoms with Gasteiger partial charge in [-0.05, 0) is 69.3 Å². The highest BCUT2D eigenvalue weighted by molar-refractivity contribution is 6.07. The van der Waals surface area contributed by atoms with Gasteiger partial charge in [0.25, 0.3) is 5.91 Å². The van der Waals surface area contributed by atoms with E-state index in [1.165, 1.54) is 4.90 Å². The number of nitrogens with zero attached hydrogens (tertiary/aromatic N) is 3. The lowest BCUT2D eigenvalue weighted by Gasteiger charge is -2.41. The zero-order chi connectivity index (χ0) is 25.2. The Morgan fingerprint density at radius 1 is 1.17 bits per heavy atom. The van der Waals surface area contributed by atoms with Gasteiger partial charge >= 0.3 is 6.03 Å². The molecule has 0 saturated carbocycles. The number of imide groups is 1. The molecule has 1 aromatic carbocycles. The number of hydrogen-bond acceptors (Lipinski definition) is 6. The van der Waals surface area contributed by atoms with E-state index < -0.39 is 5.54 Å². The quantitative estimate of drug-likeness (QED) is 0.540. The summed E-state index contributed by atoms with van der Waals surface area (Å²) in [5, 5.41) is 3.11. The van der Waals surface area contributed by atoms with Crippen LogP contribution in [0.3, 0.4) is 0 Å². The van der Waals surface area contributed by atoms with Crippen molar-refractivity contribution in [3.05, 3.63) is 23.8 Å². The van der Waals surface area contributed by atoms with E-state index in [1.807, 2.05) is 42.1 Å². The molecule has 1 aromatic rings. The average Bonchev–Trinajstić information content (AvgIpc) is 3.38. The van der Waals surface area contributed by atoms with Crippen molar-refractivity contribution in [1.29, 1.82) is 0 Å². The van der Waals surface area contributed by atoms with Crippen molar-refractivity contribution in [1.82, 2.24) is 20.0 Å². The van der Waals surface area contributed by atoms with Crippen LogP contribution in [0, 0.1) is 11.8 Å². The van der Waals surface area contributed by atoms with Gasteiger partial charge in [0, 0.05) is 26.2 Å². The van der Waals surface area contributed by atoms with E-state index >= 15 is 0 Å². The average molecular weight is 487 g/mol. The Kier molecular flexibility index (Phi) is 7.54. The predicted molar refractivity (Wildman–Crippen MR) is 131 cm³/mol. The first-order chi connectivity index (χ1) is 16.7. The van der Waals surface area contributed by atoms with Crippen molar-refractivity contribution in [2.75, 3.05) is 47.1 Å². The van der Waals surface area contributed by atoms with Crippen LogP contribution in [-0.2, 0) is 16.0 Å². The van der Waals surface area contributed by atoms with Crippen LogP contribution in [0.5, 0.6) is 11.5 Å². The number of likely N-dealkylation sites (N-methyl/N-ethyl adjacent to an activating group) is 1. The number of carbonyl (C=O) groups is 3. The van der Waals surface area contributed by atoms with Gasteiger partial charge in [-0.1, -0.05) is 19.9 Å². The molecule has 2 fully saturated rings. The molecule has 9 nitrogen and oxygen atoms in total. The molecule has 4 amide bonds. The summed E-state index contributed by atoms with van der Waals surface area (Å²) >= 11 is 0. The molecule has 3 aliphatic rings. The maximum atomic E-state index is 13.6. The van der Waals surface area contributed by atoms with Crippen LogP contribution in [0.4, 0.5) is 4.79 Å². The van der Waals surface area contributed by atoms with E-state index in [1.54, 1.807) is 0 Å². The zero-order valence-corrected chi connectivity index (χ0v) is 21.3. The molecule has 9 heteroatoms. The Morgan fingerprint density at radius 3 is 2.57 bits per heavy atom. The standard InChI is InChI=1S/C26H38N4O5/c1-18(2)7-10-26(24(32)30(25(33)27-26)14-13-28(3)4)20-8-11-29(12-9-20)23(31)16-19-5-6-21-22(15-19)35-17-34-21/h5-6,15,18,20H,7-14,16-17H2,1-4H3,(H,27,33). The van der Waals surface area contributed by atoms with Gasteiger partial charge < -0.3 is 24.6 Å². The molecule has 192 valence electrons. The highest BCUT2D eigenvalue weighted by atomic mass is 16.7. The summed E-state index contributed by atoms with van der Waals surface area (Å²) < 4.78 is 10.8. The van der Waals surface area contributed by atoms with E-state index in [0.717, 1.165) is 12.0 Å². The molecular formula is C26H38N4O5. The maximum absolute atomic E-state index is 13.6. The molecule has 0 bridgehead atoms. The van der Waals surface area contributed by atoms with Crippen LogP contribution in [0.15, 0.2) is 18.2 Å². The van der Waals surface area contributed by atoms with Gasteiger partial charge in [-0.2, -0.15) is 0 Å². The SMILES string of the molecule is CC(C)CCC1(C2CCN(C(=O)Cc3ccc4c(c3)OCO4)CC2)NC(=O)N(CCN(C)C)C1=O. The van der Waals surface area contributed by atoms with E-state index in [4.69, 9.17) is 9.47 Å². The Hall–Kier alpha value is -2.81. The van der Waals surface area contributed by atoms with Crippen LogP contribution in [0.25, 0.3) is 0 Å². The molecular weight excluding hydrogens is 448 g/mol. The highest BCUT2D eigenvalue weighted by Crippen LogP contribution is 2.38. The molecule has 1 N–H and O–H groups in total. The molecule has 1 unspecified atom stereocenters. The van der Waals surface area contributed by atoms with E-state index in [9.17, 15) is 14.4 Å². The van der Waals surface area contributed by atoms with Crippen molar-refractivity contribution in [3.63, 3.8) is 0 Å². The topological polar surface area (TPSA) is 91.4 Å². The molecule has 0 radical (unpaired) electrons. The van der Waals surface area contributed by atoms with Crippen LogP contribution in [-0.4, -0.2) is 85.2 Å². The Balaban J connectivity index is 1.41. The van der Waals surface area contributed by atoms with Gasteiger partial charge in [0.05, 0.1) is 6.42 Å². The van der Waals surface area contributed by atoms with Crippen molar-refractivity contribution in [2.24, 2.45) is 11.8 Å². The second-order valence-corrected chi connectivity index (χ2v) is 10.6. The summed E-state index contributed by atoms with van der Waals surface area (Å²) in [4.78, 5) is 44.7. The van der Waals surface area contributed by atoms with Gasteiger partial charge in [0.15, 0.2) is 11.5 Å². The van der Waals surface area contributed by atoms with Crippen LogP contribution >= 0.6 is 0 Å². The van der Waals surface area contributed by atoms with Crippen molar-refractivity contribution in [3.8, 4) is 11.5 Å². The zero-order valence-electron chi connectivity index (χ0n) is 21.3. The fourth-order valence-corrected chi connectivity index (χ4v) is 5.27. The monoisotopic (exact) mass is 486 g/mol. The first-order valence-corrected chi connectivity index (χ1v) is 12.6. The van der Waals surface area contributed by atoms with Crippen molar-refractivity contribution < 1.29 is 23.9 Å². The third kappa shape index (κ3) is 5.39. The summed E-state index contributed by atoms with van der Waals surface area (Å²) in [5.74, 6) is 1.78. The second kappa shape index (κ2) is 10.4. The summed E-state index contributed by atoms with van der Waals surface area (Å²) in [6, 6.07) is 5.31. The Bertz CT molecular complexity index is 957. The van der Waals surface area contributed by atoms with Crippen molar-refractivity contribution >= 4 is 17.8 Å². The minimum Gasteiger partial charge on any atom is -0.454 e. The Labute approximate surface area is 207 Å². The number of piperidine rings is 1. The molecule has 2 saturated heterocycles. The molecule has 35 heavy (non-hydrogen) atoms. The summed E-state index contributed by atoms with van der Waals surface area (Å²) in [6.07, 6.45) is 3.17. The minimum atomic E-state index is -0.875. The second-order valence-electron chi connectivity index (χ2n) is 10.6. The number of benzene rings is 1. The maximum Gasteiger partial charge on any atom is 0.325 e. The smallest absolute Gasteiger partial charge is 0.325 e. The lowest BCUT2D eigenvalue weighted by atomic mass is 9.73. The first-order valence-electron chi connectivity index (χ1n) is 12.6. The number of fused-ring (bicyclic) bond motifs is 1. The number of hydrogen-bond donors (Lipinski definition) is 1. The molecule has 3 heterocycles. The van der Waals surface area contributed by atoms with Gasteiger partial charge in [-0.15, -0.1) is 0 Å². The number of ether oxygens (including phenoxy) is 2. The molecule has 4 rings (SSSR count). The number of carbonyl (C=O) groups excluding carboxylic acids is 3. The summed E-state index contributed by atoms with van der Waals surface area (Å²) in [6.45, 7) is 6.66. The van der Waals surface area contributed by atoms with Gasteiger partial charge in [0.1, 0.15) is 5.54 Å². The van der Waals surface area contributed by atoms with Gasteiger partial charge in [-0.3, -0.25) is 14.5 Å². The van der Waals surface area contributed by atoms with E-state index in [-0.39, 0.29) is 30.6 Å². The molecule has 1 atom stereocenters. The van der Waals surface area contributed by atoms with Crippen LogP contribution in [0.2, 0.25) is 0 Å². The Morgan fingerprint density at radius 2 is 1.89 bits per heavy atom. The number of urea groups is 1. The lowest BCUT2D eigenvalue weighted by Crippen LogP contribution is -2.57. The van der Waals surface area contributed by atoms with E-state index in [2.05, 4.69) is 19.2 Å². The third-order valence-electron chi connectivity index (χ3n) is 7.43. The lowest BCUT2D eigenvalue weighted by molar-refractivity contribution is -0.136. The fourth-order valence-electron chi connectivity index (χ4n) is 5.27. The number of nitrogens with one attached hydrogen (secondary N) is 1. The largest absolute Gasteiger partial charge is 0.454 e. The van der Waals surface area contributed by atoms with Crippen molar-refractivity contribution in [2.45, 2.75) is 51.5 Å². The normalized spacial score (nSPS) is 22.5. The summed E-state index contributed by atoms with van der Waals surface area (Å²) in [5.41, 5.74) is 0.0182. The van der Waals surface area contributed by atoms with Crippen LogP contribution < -0.4 is 14.8 Å². The molecule has 0 spiro atoms. The summed E-state index contributed by atoms with van der Waals surface area (Å²) in [7, 11) is 3.86. The van der Waals surface area contributed by atoms with E-state index in [0.29, 0.717) is 69.3 Å². The van der Waals surface area contributed by atoms with Gasteiger partial charge in [-0.25, -0.2) is 4.79 Å².